The maximum absolute atomic E-state index is 13.1. The van der Waals surface area contributed by atoms with Crippen LogP contribution < -0.4 is 33.6 Å². The maximum atomic E-state index is 13.1. The van der Waals surface area contributed by atoms with Crippen LogP contribution in [0.3, 0.4) is 0 Å². The summed E-state index contributed by atoms with van der Waals surface area (Å²) in [7, 11) is 0. The van der Waals surface area contributed by atoms with Crippen LogP contribution in [-0.4, -0.2) is 83.3 Å². The number of carbonyl (C=O) groups excluding carboxylic acids is 4. The molecule has 4 amide bonds. The molecule has 0 aliphatic carbocycles. The number of carbonyl (C=O) groups is 5. The molecule has 1 fully saturated rings. The van der Waals surface area contributed by atoms with Gasteiger partial charge >= 0.3 is 5.97 Å². The monoisotopic (exact) mass is 456 g/mol. The van der Waals surface area contributed by atoms with Crippen molar-refractivity contribution in [3.63, 3.8) is 0 Å². The molecule has 0 radical (unpaired) electrons. The molecule has 0 bridgehead atoms. The van der Waals surface area contributed by atoms with E-state index in [2.05, 4.69) is 15.6 Å². The number of nitrogens with two attached hydrogens (primary N) is 4. The first kappa shape index (κ1) is 26.6. The van der Waals surface area contributed by atoms with Crippen LogP contribution in [0.15, 0.2) is 4.99 Å². The van der Waals surface area contributed by atoms with E-state index in [0.29, 0.717) is 19.3 Å². The van der Waals surface area contributed by atoms with Gasteiger partial charge in [0, 0.05) is 19.5 Å². The van der Waals surface area contributed by atoms with Crippen LogP contribution in [0.2, 0.25) is 0 Å². The van der Waals surface area contributed by atoms with E-state index in [1.165, 1.54) is 4.90 Å². The Morgan fingerprint density at radius 2 is 1.81 bits per heavy atom. The van der Waals surface area contributed by atoms with Gasteiger partial charge in [-0.15, -0.1) is 0 Å². The Hall–Kier alpha value is -3.42. The van der Waals surface area contributed by atoms with Crippen molar-refractivity contribution in [1.82, 2.24) is 15.5 Å². The Labute approximate surface area is 185 Å². The Morgan fingerprint density at radius 3 is 2.41 bits per heavy atom. The number of carboxylic acid groups (broad SMARTS) is 1. The van der Waals surface area contributed by atoms with E-state index in [1.807, 2.05) is 0 Å². The number of hydrogen-bond donors (Lipinski definition) is 7. The lowest BCUT2D eigenvalue weighted by Crippen LogP contribution is -2.56. The highest BCUT2D eigenvalue weighted by Gasteiger charge is 2.38. The summed E-state index contributed by atoms with van der Waals surface area (Å²) in [5.74, 6) is -3.73. The summed E-state index contributed by atoms with van der Waals surface area (Å²) < 4.78 is 0. The Balaban J connectivity index is 2.81. The number of nitrogens with zero attached hydrogens (tertiary/aromatic N) is 2. The van der Waals surface area contributed by atoms with Gasteiger partial charge in [0.05, 0.1) is 6.04 Å². The lowest BCUT2D eigenvalue weighted by Gasteiger charge is -2.29. The highest BCUT2D eigenvalue weighted by molar-refractivity contribution is 5.94. The van der Waals surface area contributed by atoms with Crippen LogP contribution in [-0.2, 0) is 24.0 Å². The largest absolute Gasteiger partial charge is 0.480 e. The second kappa shape index (κ2) is 13.1. The Kier molecular flexibility index (Phi) is 10.9. The van der Waals surface area contributed by atoms with Gasteiger partial charge in [0.2, 0.25) is 23.6 Å². The van der Waals surface area contributed by atoms with Gasteiger partial charge < -0.3 is 43.6 Å². The molecule has 1 aliphatic rings. The predicted octanol–water partition coefficient (Wildman–Crippen LogP) is -3.69. The average molecular weight is 457 g/mol. The van der Waals surface area contributed by atoms with Crippen LogP contribution in [0, 0.1) is 0 Å². The molecule has 0 aromatic heterocycles. The van der Waals surface area contributed by atoms with E-state index < -0.39 is 54.3 Å². The molecular weight excluding hydrogens is 424 g/mol. The van der Waals surface area contributed by atoms with E-state index in [1.54, 1.807) is 0 Å². The number of likely N-dealkylation sites (tertiary alicyclic amines) is 1. The topological polar surface area (TPSA) is 249 Å². The highest BCUT2D eigenvalue weighted by atomic mass is 16.4. The molecule has 0 aromatic carbocycles. The second-order valence-corrected chi connectivity index (χ2v) is 7.42. The van der Waals surface area contributed by atoms with Crippen LogP contribution in [0.1, 0.15) is 38.5 Å². The van der Waals surface area contributed by atoms with Gasteiger partial charge in [0.25, 0.3) is 0 Å². The predicted molar refractivity (Wildman–Crippen MR) is 114 cm³/mol. The summed E-state index contributed by atoms with van der Waals surface area (Å²) in [4.78, 5) is 64.8. The van der Waals surface area contributed by atoms with Crippen molar-refractivity contribution in [3.05, 3.63) is 0 Å². The number of guanidine groups is 1. The first-order chi connectivity index (χ1) is 15.0. The number of rotatable bonds is 13. The molecule has 1 heterocycles. The molecule has 0 aromatic rings. The van der Waals surface area contributed by atoms with E-state index in [9.17, 15) is 24.0 Å². The van der Waals surface area contributed by atoms with Gasteiger partial charge in [-0.05, 0) is 32.1 Å². The number of aliphatic imine (C=N–C) groups is 1. The number of hydrogen-bond acceptors (Lipinski definition) is 7. The van der Waals surface area contributed by atoms with Crippen LogP contribution in [0.4, 0.5) is 0 Å². The molecule has 1 aliphatic heterocycles. The summed E-state index contributed by atoms with van der Waals surface area (Å²) in [5, 5.41) is 13.5. The molecule has 3 atom stereocenters. The van der Waals surface area contributed by atoms with Gasteiger partial charge in [0.1, 0.15) is 18.6 Å². The summed E-state index contributed by atoms with van der Waals surface area (Å²) in [5.41, 5.74) is 21.5. The van der Waals surface area contributed by atoms with Crippen LogP contribution in [0.5, 0.6) is 0 Å². The fourth-order valence-corrected chi connectivity index (χ4v) is 3.26. The quantitative estimate of drug-likeness (QED) is 0.0817. The van der Waals surface area contributed by atoms with Gasteiger partial charge in [-0.3, -0.25) is 29.0 Å². The summed E-state index contributed by atoms with van der Waals surface area (Å²) in [6.07, 6.45) is 1.32. The average Bonchev–Trinajstić information content (AvgIpc) is 3.21. The van der Waals surface area contributed by atoms with Gasteiger partial charge in [-0.1, -0.05) is 0 Å². The molecule has 1 rings (SSSR count). The van der Waals surface area contributed by atoms with Crippen molar-refractivity contribution in [3.8, 4) is 0 Å². The molecule has 180 valence electrons. The van der Waals surface area contributed by atoms with Gasteiger partial charge in [-0.2, -0.15) is 0 Å². The molecule has 32 heavy (non-hydrogen) atoms. The third-order valence-corrected chi connectivity index (χ3v) is 4.85. The van der Waals surface area contributed by atoms with E-state index in [-0.39, 0.29) is 38.3 Å². The maximum Gasteiger partial charge on any atom is 0.322 e. The van der Waals surface area contributed by atoms with E-state index >= 15 is 0 Å². The fraction of sp³-hybridized carbons (Fsp3) is 0.667. The second-order valence-electron chi connectivity index (χ2n) is 7.42. The first-order valence-electron chi connectivity index (χ1n) is 10.2. The minimum Gasteiger partial charge on any atom is -0.480 e. The van der Waals surface area contributed by atoms with Crippen molar-refractivity contribution in [1.29, 1.82) is 0 Å². The Bertz CT molecular complexity index is 739. The molecule has 0 saturated carbocycles. The number of aliphatic carboxylic acids is 1. The summed E-state index contributed by atoms with van der Waals surface area (Å²) in [6, 6.07) is -2.93. The molecule has 14 heteroatoms. The molecule has 0 spiro atoms. The highest BCUT2D eigenvalue weighted by Crippen LogP contribution is 2.20. The Morgan fingerprint density at radius 1 is 1.12 bits per heavy atom. The molecular formula is C18H32N8O6. The van der Waals surface area contributed by atoms with Crippen LogP contribution in [0.25, 0.3) is 0 Å². The molecule has 1 saturated heterocycles. The normalized spacial score (nSPS) is 17.2. The van der Waals surface area contributed by atoms with E-state index in [0.717, 1.165) is 0 Å². The zero-order valence-electron chi connectivity index (χ0n) is 17.8. The van der Waals surface area contributed by atoms with Crippen molar-refractivity contribution >= 4 is 35.6 Å². The van der Waals surface area contributed by atoms with Gasteiger partial charge in [-0.25, -0.2) is 0 Å². The smallest absolute Gasteiger partial charge is 0.322 e. The molecule has 3 unspecified atom stereocenters. The number of carboxylic acids is 1. The zero-order valence-corrected chi connectivity index (χ0v) is 17.8. The van der Waals surface area contributed by atoms with Crippen molar-refractivity contribution in [2.75, 3.05) is 19.6 Å². The molecule has 14 nitrogen and oxygen atoms in total. The minimum atomic E-state index is -1.21. The third kappa shape index (κ3) is 9.16. The van der Waals surface area contributed by atoms with Crippen molar-refractivity contribution in [2.45, 2.75) is 56.7 Å². The van der Waals surface area contributed by atoms with E-state index in [4.69, 9.17) is 28.0 Å². The standard InChI is InChI=1S/C18H32N8O6/c19-10(3-1-7-23-18(21)22)15(30)25-11(5-6-13(20)27)17(32)26-8-2-4-12(26)16(31)24-9-14(28)29/h10-12H,1-9,19H2,(H2,20,27)(H,24,31)(H,25,30)(H,28,29)(H4,21,22,23). The minimum absolute atomic E-state index is 0.0689. The third-order valence-electron chi connectivity index (χ3n) is 4.85. The first-order valence-corrected chi connectivity index (χ1v) is 10.2. The zero-order chi connectivity index (χ0) is 24.3. The number of nitrogens with one attached hydrogen (secondary N) is 2. The lowest BCUT2D eigenvalue weighted by atomic mass is 10.1. The lowest BCUT2D eigenvalue weighted by molar-refractivity contribution is -0.143. The molecule has 11 N–H and O–H groups in total. The number of primary amides is 1. The number of amides is 4. The van der Waals surface area contributed by atoms with Gasteiger partial charge in [0.15, 0.2) is 5.96 Å². The SMILES string of the molecule is NC(=O)CCC(NC(=O)C(N)CCCN=C(N)N)C(=O)N1CCCC1C(=O)NCC(=O)O. The van der Waals surface area contributed by atoms with Crippen LogP contribution >= 0.6 is 0 Å². The fourth-order valence-electron chi connectivity index (χ4n) is 3.26. The van der Waals surface area contributed by atoms with Crippen molar-refractivity contribution < 1.29 is 29.1 Å². The summed E-state index contributed by atoms with van der Waals surface area (Å²) >= 11 is 0. The van der Waals surface area contributed by atoms with Crippen molar-refractivity contribution in [2.24, 2.45) is 27.9 Å². The summed E-state index contributed by atoms with van der Waals surface area (Å²) in [6.45, 7) is -0.0420.